The molecule has 0 saturated carbocycles. The lowest BCUT2D eigenvalue weighted by Gasteiger charge is -2.20. The monoisotopic (exact) mass is 266 g/mol. The summed E-state index contributed by atoms with van der Waals surface area (Å²) in [7, 11) is 1.62. The van der Waals surface area contributed by atoms with Crippen molar-refractivity contribution < 1.29 is 4.74 Å². The summed E-state index contributed by atoms with van der Waals surface area (Å²) < 4.78 is 5.32. The molecule has 0 aliphatic rings. The number of ether oxygens (including phenoxy) is 1. The van der Waals surface area contributed by atoms with Crippen molar-refractivity contribution in [2.75, 3.05) is 7.11 Å². The van der Waals surface area contributed by atoms with E-state index in [1.165, 1.54) is 0 Å². The Kier molecular flexibility index (Phi) is 4.75. The molecule has 1 N–H and O–H groups in total. The minimum Gasteiger partial charge on any atom is -0.496 e. The molecule has 0 fully saturated rings. The van der Waals surface area contributed by atoms with Crippen LogP contribution in [0.5, 0.6) is 5.75 Å². The Labute approximate surface area is 119 Å². The van der Waals surface area contributed by atoms with Crippen LogP contribution < -0.4 is 10.1 Å². The van der Waals surface area contributed by atoms with Crippen molar-refractivity contribution >= 4 is 0 Å². The molecule has 2 aromatic carbocycles. The summed E-state index contributed by atoms with van der Waals surface area (Å²) in [5.74, 6) is 0.729. The summed E-state index contributed by atoms with van der Waals surface area (Å²) in [6.07, 6.45) is 0. The van der Waals surface area contributed by atoms with Gasteiger partial charge in [-0.15, -0.1) is 0 Å². The lowest BCUT2D eigenvalue weighted by molar-refractivity contribution is 0.402. The molecular weight excluding hydrogens is 248 g/mol. The average molecular weight is 266 g/mol. The fourth-order valence-electron chi connectivity index (χ4n) is 2.19. The van der Waals surface area contributed by atoms with Gasteiger partial charge in [0.1, 0.15) is 11.8 Å². The predicted octanol–water partition coefficient (Wildman–Crippen LogP) is 3.61. The molecule has 0 aliphatic heterocycles. The molecule has 3 nitrogen and oxygen atoms in total. The zero-order valence-corrected chi connectivity index (χ0v) is 11.7. The summed E-state index contributed by atoms with van der Waals surface area (Å²) in [5, 5.41) is 12.8. The second-order valence-electron chi connectivity index (χ2n) is 4.60. The Hall–Kier alpha value is -2.31. The maximum atomic E-state index is 9.43. The predicted molar refractivity (Wildman–Crippen MR) is 79.3 cm³/mol. The topological polar surface area (TPSA) is 45.0 Å². The molecular formula is C17H18N2O. The summed E-state index contributed by atoms with van der Waals surface area (Å²) in [4.78, 5) is 0. The number of para-hydroxylation sites is 1. The second kappa shape index (κ2) is 6.74. The fourth-order valence-corrected chi connectivity index (χ4v) is 2.19. The molecule has 0 radical (unpaired) electrons. The Balaban J connectivity index is 2.20. The third-order valence-corrected chi connectivity index (χ3v) is 3.30. The van der Waals surface area contributed by atoms with Gasteiger partial charge in [-0.25, -0.2) is 0 Å². The van der Waals surface area contributed by atoms with Gasteiger partial charge in [0, 0.05) is 11.6 Å². The van der Waals surface area contributed by atoms with Crippen molar-refractivity contribution in [1.82, 2.24) is 5.32 Å². The van der Waals surface area contributed by atoms with E-state index in [4.69, 9.17) is 4.74 Å². The first kappa shape index (κ1) is 14.1. The van der Waals surface area contributed by atoms with E-state index < -0.39 is 6.04 Å². The van der Waals surface area contributed by atoms with Crippen LogP contribution in [0.1, 0.15) is 30.1 Å². The number of nitriles is 1. The van der Waals surface area contributed by atoms with Crippen molar-refractivity contribution in [2.45, 2.75) is 19.0 Å². The molecule has 0 heterocycles. The highest BCUT2D eigenvalue weighted by molar-refractivity contribution is 5.38. The van der Waals surface area contributed by atoms with Crippen LogP contribution in [-0.2, 0) is 0 Å². The second-order valence-corrected chi connectivity index (χ2v) is 4.60. The Morgan fingerprint density at radius 1 is 1.05 bits per heavy atom. The molecule has 0 aromatic heterocycles. The highest BCUT2D eigenvalue weighted by Gasteiger charge is 2.17. The summed E-state index contributed by atoms with van der Waals surface area (Å²) in [5.41, 5.74) is 2.02. The SMILES string of the molecule is COc1ccccc1C(C#N)NC(C)c1ccccc1. The van der Waals surface area contributed by atoms with E-state index in [0.29, 0.717) is 0 Å². The van der Waals surface area contributed by atoms with Gasteiger partial charge in [0.2, 0.25) is 0 Å². The van der Waals surface area contributed by atoms with E-state index in [2.05, 4.69) is 18.3 Å². The number of benzene rings is 2. The van der Waals surface area contributed by atoms with Gasteiger partial charge in [0.15, 0.2) is 0 Å². The van der Waals surface area contributed by atoms with Gasteiger partial charge in [-0.2, -0.15) is 5.26 Å². The van der Waals surface area contributed by atoms with E-state index in [9.17, 15) is 5.26 Å². The quantitative estimate of drug-likeness (QED) is 0.899. The third-order valence-electron chi connectivity index (χ3n) is 3.30. The lowest BCUT2D eigenvalue weighted by atomic mass is 10.0. The van der Waals surface area contributed by atoms with Crippen LogP contribution in [0, 0.1) is 11.3 Å². The van der Waals surface area contributed by atoms with Crippen LogP contribution in [0.2, 0.25) is 0 Å². The smallest absolute Gasteiger partial charge is 0.125 e. The molecule has 3 heteroatoms. The van der Waals surface area contributed by atoms with E-state index in [-0.39, 0.29) is 6.04 Å². The van der Waals surface area contributed by atoms with Crippen molar-refractivity contribution in [3.63, 3.8) is 0 Å². The first-order chi connectivity index (χ1) is 9.76. The van der Waals surface area contributed by atoms with E-state index in [1.807, 2.05) is 54.6 Å². The number of hydrogen-bond acceptors (Lipinski definition) is 3. The van der Waals surface area contributed by atoms with Crippen LogP contribution >= 0.6 is 0 Å². The minimum atomic E-state index is -0.402. The number of nitrogens with one attached hydrogen (secondary N) is 1. The first-order valence-electron chi connectivity index (χ1n) is 6.59. The maximum absolute atomic E-state index is 9.43. The minimum absolute atomic E-state index is 0.0887. The normalized spacial score (nSPS) is 13.2. The van der Waals surface area contributed by atoms with Crippen LogP contribution in [0.25, 0.3) is 0 Å². The molecule has 20 heavy (non-hydrogen) atoms. The molecule has 0 amide bonds. The van der Waals surface area contributed by atoms with Gasteiger partial charge >= 0.3 is 0 Å². The van der Waals surface area contributed by atoms with Crippen LogP contribution in [-0.4, -0.2) is 7.11 Å². The first-order valence-corrected chi connectivity index (χ1v) is 6.59. The molecule has 2 aromatic rings. The number of nitrogens with zero attached hydrogens (tertiary/aromatic N) is 1. The Morgan fingerprint density at radius 3 is 2.35 bits per heavy atom. The summed E-state index contributed by atoms with van der Waals surface area (Å²) >= 11 is 0. The fraction of sp³-hybridized carbons (Fsp3) is 0.235. The van der Waals surface area contributed by atoms with E-state index in [0.717, 1.165) is 16.9 Å². The van der Waals surface area contributed by atoms with Gasteiger partial charge in [-0.1, -0.05) is 48.5 Å². The third kappa shape index (κ3) is 3.17. The zero-order valence-electron chi connectivity index (χ0n) is 11.7. The highest BCUT2D eigenvalue weighted by atomic mass is 16.5. The van der Waals surface area contributed by atoms with Crippen molar-refractivity contribution in [2.24, 2.45) is 0 Å². The molecule has 0 spiro atoms. The van der Waals surface area contributed by atoms with Crippen LogP contribution in [0.3, 0.4) is 0 Å². The molecule has 0 aliphatic carbocycles. The average Bonchev–Trinajstić information content (AvgIpc) is 2.53. The molecule has 0 saturated heterocycles. The molecule has 2 atom stereocenters. The molecule has 0 bridgehead atoms. The van der Waals surface area contributed by atoms with Crippen molar-refractivity contribution in [3.8, 4) is 11.8 Å². The maximum Gasteiger partial charge on any atom is 0.125 e. The molecule has 102 valence electrons. The van der Waals surface area contributed by atoms with Crippen LogP contribution in [0.15, 0.2) is 54.6 Å². The zero-order chi connectivity index (χ0) is 14.4. The molecule has 2 rings (SSSR count). The van der Waals surface area contributed by atoms with E-state index in [1.54, 1.807) is 7.11 Å². The number of methoxy groups -OCH3 is 1. The van der Waals surface area contributed by atoms with Gasteiger partial charge in [-0.05, 0) is 18.6 Å². The summed E-state index contributed by atoms with van der Waals surface area (Å²) in [6.45, 7) is 2.05. The van der Waals surface area contributed by atoms with Gasteiger partial charge in [-0.3, -0.25) is 5.32 Å². The largest absolute Gasteiger partial charge is 0.496 e. The standard InChI is InChI=1S/C17H18N2O/c1-13(14-8-4-3-5-9-14)19-16(12-18)15-10-6-7-11-17(15)20-2/h3-11,13,16,19H,1-2H3. The Morgan fingerprint density at radius 2 is 1.70 bits per heavy atom. The van der Waals surface area contributed by atoms with Crippen molar-refractivity contribution in [1.29, 1.82) is 5.26 Å². The van der Waals surface area contributed by atoms with Gasteiger partial charge < -0.3 is 4.74 Å². The summed E-state index contributed by atoms with van der Waals surface area (Å²) in [6, 6.07) is 19.7. The lowest BCUT2D eigenvalue weighted by Crippen LogP contribution is -2.24. The molecule has 2 unspecified atom stereocenters. The number of rotatable bonds is 5. The Bertz CT molecular complexity index is 589. The highest BCUT2D eigenvalue weighted by Crippen LogP contribution is 2.26. The van der Waals surface area contributed by atoms with E-state index >= 15 is 0 Å². The van der Waals surface area contributed by atoms with Gasteiger partial charge in [0.05, 0.1) is 13.2 Å². The van der Waals surface area contributed by atoms with Crippen LogP contribution in [0.4, 0.5) is 0 Å². The van der Waals surface area contributed by atoms with Gasteiger partial charge in [0.25, 0.3) is 0 Å². The number of hydrogen-bond donors (Lipinski definition) is 1. The van der Waals surface area contributed by atoms with Crippen molar-refractivity contribution in [3.05, 3.63) is 65.7 Å².